The fourth-order valence-corrected chi connectivity index (χ4v) is 3.80. The smallest absolute Gasteiger partial charge is 0.129 e. The molecule has 0 saturated carbocycles. The van der Waals surface area contributed by atoms with Gasteiger partial charge in [0.25, 0.3) is 0 Å². The molecule has 1 aliphatic rings. The van der Waals surface area contributed by atoms with Crippen LogP contribution in [0.15, 0.2) is 67.3 Å². The zero-order valence-electron chi connectivity index (χ0n) is 14.8. The second kappa shape index (κ2) is 8.03. The van der Waals surface area contributed by atoms with E-state index >= 15 is 0 Å². The molecule has 2 heterocycles. The second-order valence-corrected chi connectivity index (χ2v) is 7.04. The van der Waals surface area contributed by atoms with Crippen molar-refractivity contribution < 1.29 is 4.39 Å². The Balaban J connectivity index is 1.61. The van der Waals surface area contributed by atoms with Gasteiger partial charge in [0.15, 0.2) is 0 Å². The van der Waals surface area contributed by atoms with Gasteiger partial charge in [-0.3, -0.25) is 4.90 Å². The highest BCUT2D eigenvalue weighted by atomic mass is 35.5. The lowest BCUT2D eigenvalue weighted by atomic mass is 9.98. The molecule has 138 valence electrons. The maximum Gasteiger partial charge on any atom is 0.129 e. The van der Waals surface area contributed by atoms with Crippen LogP contribution in [0.1, 0.15) is 17.2 Å². The lowest BCUT2D eigenvalue weighted by Gasteiger charge is -2.40. The topological polar surface area (TPSA) is 32.3 Å². The van der Waals surface area contributed by atoms with Crippen molar-refractivity contribution in [2.75, 3.05) is 31.1 Å². The minimum Gasteiger partial charge on any atom is -0.369 e. The molecule has 0 radical (unpaired) electrons. The van der Waals surface area contributed by atoms with Crippen molar-refractivity contribution in [3.8, 4) is 0 Å². The van der Waals surface area contributed by atoms with Gasteiger partial charge in [-0.2, -0.15) is 0 Å². The summed E-state index contributed by atoms with van der Waals surface area (Å²) in [5.74, 6) is -0.304. The fourth-order valence-electron chi connectivity index (χ4n) is 3.64. The molecule has 4 rings (SSSR count). The molecule has 0 N–H and O–H groups in total. The van der Waals surface area contributed by atoms with Crippen LogP contribution in [0.2, 0.25) is 5.02 Å². The van der Waals surface area contributed by atoms with Crippen LogP contribution < -0.4 is 4.90 Å². The molecule has 1 aliphatic heterocycles. The maximum absolute atomic E-state index is 14.7. The molecular formula is C21H20ClFN4. The molecule has 0 amide bonds. The first-order valence-electron chi connectivity index (χ1n) is 8.96. The fraction of sp³-hybridized carbons (Fsp3) is 0.238. The van der Waals surface area contributed by atoms with Crippen molar-refractivity contribution in [3.05, 3.63) is 89.2 Å². The van der Waals surface area contributed by atoms with Crippen LogP contribution in [0.4, 0.5) is 10.1 Å². The highest BCUT2D eigenvalue weighted by Gasteiger charge is 2.29. The molecule has 1 fully saturated rings. The van der Waals surface area contributed by atoms with Crippen molar-refractivity contribution in [2.45, 2.75) is 6.04 Å². The zero-order chi connectivity index (χ0) is 18.6. The Morgan fingerprint density at radius 1 is 0.926 bits per heavy atom. The van der Waals surface area contributed by atoms with Gasteiger partial charge in [0.1, 0.15) is 12.1 Å². The number of halogens is 2. The summed E-state index contributed by atoms with van der Waals surface area (Å²) in [5.41, 5.74) is 2.70. The van der Waals surface area contributed by atoms with E-state index in [1.807, 2.05) is 6.07 Å². The Labute approximate surface area is 163 Å². The molecule has 2 aromatic carbocycles. The molecule has 0 bridgehead atoms. The van der Waals surface area contributed by atoms with E-state index in [9.17, 15) is 4.39 Å². The summed E-state index contributed by atoms with van der Waals surface area (Å²) in [6.07, 6.45) is 5.01. The van der Waals surface area contributed by atoms with Gasteiger partial charge in [-0.1, -0.05) is 35.9 Å². The highest BCUT2D eigenvalue weighted by molar-refractivity contribution is 6.30. The van der Waals surface area contributed by atoms with Gasteiger partial charge in [-0.25, -0.2) is 14.4 Å². The number of anilines is 1. The molecule has 1 aromatic heterocycles. The van der Waals surface area contributed by atoms with Gasteiger partial charge in [-0.15, -0.1) is 0 Å². The Hall–Kier alpha value is -2.50. The number of para-hydroxylation sites is 1. The van der Waals surface area contributed by atoms with E-state index < -0.39 is 0 Å². The Kier molecular flexibility index (Phi) is 5.32. The normalized spacial score (nSPS) is 16.3. The van der Waals surface area contributed by atoms with E-state index in [4.69, 9.17) is 11.6 Å². The number of hydrogen-bond donors (Lipinski definition) is 0. The summed E-state index contributed by atoms with van der Waals surface area (Å²) in [6, 6.07) is 15.0. The van der Waals surface area contributed by atoms with Crippen molar-refractivity contribution in [2.24, 2.45) is 0 Å². The quantitative estimate of drug-likeness (QED) is 0.677. The van der Waals surface area contributed by atoms with E-state index in [0.717, 1.165) is 31.7 Å². The van der Waals surface area contributed by atoms with Crippen molar-refractivity contribution in [1.29, 1.82) is 0 Å². The zero-order valence-corrected chi connectivity index (χ0v) is 15.6. The minimum absolute atomic E-state index is 0.235. The lowest BCUT2D eigenvalue weighted by molar-refractivity contribution is 0.208. The van der Waals surface area contributed by atoms with E-state index in [-0.39, 0.29) is 11.9 Å². The molecule has 0 spiro atoms. The number of nitrogens with zero attached hydrogens (tertiary/aromatic N) is 4. The summed E-state index contributed by atoms with van der Waals surface area (Å²) >= 11 is 5.96. The Morgan fingerprint density at radius 3 is 2.30 bits per heavy atom. The highest BCUT2D eigenvalue weighted by Crippen LogP contribution is 2.32. The number of aromatic nitrogens is 2. The SMILES string of the molecule is Fc1cc(Cl)ccc1C(c1cncnc1)N1CCN(c2ccccc2)CC1. The molecule has 0 aliphatic carbocycles. The van der Waals surface area contributed by atoms with Crippen molar-refractivity contribution in [3.63, 3.8) is 0 Å². The van der Waals surface area contributed by atoms with Crippen LogP contribution in [0.3, 0.4) is 0 Å². The second-order valence-electron chi connectivity index (χ2n) is 6.60. The van der Waals surface area contributed by atoms with Crippen LogP contribution in [0.25, 0.3) is 0 Å². The molecule has 1 atom stereocenters. The summed E-state index contributed by atoms with van der Waals surface area (Å²) in [4.78, 5) is 12.9. The number of rotatable bonds is 4. The third kappa shape index (κ3) is 3.94. The number of hydrogen-bond acceptors (Lipinski definition) is 4. The maximum atomic E-state index is 14.7. The average Bonchev–Trinajstić information content (AvgIpc) is 2.72. The molecule has 1 unspecified atom stereocenters. The van der Waals surface area contributed by atoms with Crippen molar-refractivity contribution >= 4 is 17.3 Å². The van der Waals surface area contributed by atoms with Crippen LogP contribution in [-0.2, 0) is 0 Å². The first-order chi connectivity index (χ1) is 13.2. The van der Waals surface area contributed by atoms with Crippen LogP contribution in [-0.4, -0.2) is 41.0 Å². The minimum atomic E-state index is -0.304. The van der Waals surface area contributed by atoms with Crippen LogP contribution in [0, 0.1) is 5.82 Å². The number of piperazine rings is 1. The van der Waals surface area contributed by atoms with Crippen molar-refractivity contribution in [1.82, 2.24) is 14.9 Å². The van der Waals surface area contributed by atoms with E-state index in [1.54, 1.807) is 24.5 Å². The molecule has 6 heteroatoms. The van der Waals surface area contributed by atoms with Crippen LogP contribution in [0.5, 0.6) is 0 Å². The van der Waals surface area contributed by atoms with Gasteiger partial charge in [-0.05, 0) is 24.3 Å². The predicted octanol–water partition coefficient (Wildman–Crippen LogP) is 4.18. The van der Waals surface area contributed by atoms with E-state index in [0.29, 0.717) is 10.6 Å². The molecule has 4 nitrogen and oxygen atoms in total. The first-order valence-corrected chi connectivity index (χ1v) is 9.34. The monoisotopic (exact) mass is 382 g/mol. The van der Waals surface area contributed by atoms with E-state index in [2.05, 4.69) is 44.0 Å². The third-order valence-corrected chi connectivity index (χ3v) is 5.19. The van der Waals surface area contributed by atoms with Gasteiger partial charge in [0.05, 0.1) is 6.04 Å². The summed E-state index contributed by atoms with van der Waals surface area (Å²) < 4.78 is 14.7. The van der Waals surface area contributed by atoms with Gasteiger partial charge in [0.2, 0.25) is 0 Å². The first kappa shape index (κ1) is 17.9. The van der Waals surface area contributed by atoms with Crippen LogP contribution >= 0.6 is 11.6 Å². The molecule has 27 heavy (non-hydrogen) atoms. The number of benzene rings is 2. The molecular weight excluding hydrogens is 363 g/mol. The Bertz CT molecular complexity index is 883. The van der Waals surface area contributed by atoms with E-state index in [1.165, 1.54) is 18.1 Å². The summed E-state index contributed by atoms with van der Waals surface area (Å²) in [5, 5.41) is 0.396. The standard InChI is InChI=1S/C21H20ClFN4/c22-17-6-7-19(20(23)12-17)21(16-13-24-15-25-14-16)27-10-8-26(9-11-27)18-4-2-1-3-5-18/h1-7,12-15,21H,8-11H2. The third-order valence-electron chi connectivity index (χ3n) is 4.95. The van der Waals surface area contributed by atoms with Gasteiger partial charge >= 0.3 is 0 Å². The summed E-state index contributed by atoms with van der Waals surface area (Å²) in [6.45, 7) is 3.39. The largest absolute Gasteiger partial charge is 0.369 e. The average molecular weight is 383 g/mol. The predicted molar refractivity (Wildman–Crippen MR) is 106 cm³/mol. The Morgan fingerprint density at radius 2 is 1.63 bits per heavy atom. The molecule has 3 aromatic rings. The lowest BCUT2D eigenvalue weighted by Crippen LogP contribution is -2.48. The van der Waals surface area contributed by atoms with Gasteiger partial charge < -0.3 is 4.90 Å². The van der Waals surface area contributed by atoms with Gasteiger partial charge in [0, 0.05) is 60.4 Å². The summed E-state index contributed by atoms with van der Waals surface area (Å²) in [7, 11) is 0. The molecule has 1 saturated heterocycles.